The molecule has 1 aromatic heterocycles. The third kappa shape index (κ3) is 1.65. The van der Waals surface area contributed by atoms with Crippen LogP contribution in [0.3, 0.4) is 0 Å². The second-order valence-corrected chi connectivity index (χ2v) is 5.60. The molecule has 2 rings (SSSR count). The molecule has 0 spiro atoms. The Labute approximate surface area is 99.5 Å². The summed E-state index contributed by atoms with van der Waals surface area (Å²) in [5.41, 5.74) is 0.323. The van der Waals surface area contributed by atoms with E-state index in [-0.39, 0.29) is 0 Å². The van der Waals surface area contributed by atoms with Crippen molar-refractivity contribution >= 4 is 17.3 Å². The summed E-state index contributed by atoms with van der Waals surface area (Å²) in [5.74, 6) is -0.673. The summed E-state index contributed by atoms with van der Waals surface area (Å²) in [4.78, 5) is 16.9. The topological polar surface area (TPSA) is 50.2 Å². The van der Waals surface area contributed by atoms with Crippen molar-refractivity contribution in [2.75, 3.05) is 0 Å². The van der Waals surface area contributed by atoms with Crippen molar-refractivity contribution in [2.45, 2.75) is 51.4 Å². The second kappa shape index (κ2) is 4.17. The van der Waals surface area contributed by atoms with Crippen LogP contribution in [0, 0.1) is 6.92 Å². The smallest absolute Gasteiger partial charge is 0.315 e. The van der Waals surface area contributed by atoms with Crippen LogP contribution in [0.15, 0.2) is 0 Å². The van der Waals surface area contributed by atoms with Gasteiger partial charge in [0.25, 0.3) is 0 Å². The zero-order valence-electron chi connectivity index (χ0n) is 9.75. The highest BCUT2D eigenvalue weighted by atomic mass is 32.1. The van der Waals surface area contributed by atoms with Crippen molar-refractivity contribution < 1.29 is 9.90 Å². The van der Waals surface area contributed by atoms with Crippen LogP contribution < -0.4 is 0 Å². The zero-order chi connectivity index (χ0) is 11.8. The molecule has 0 aliphatic heterocycles. The number of carbonyl (C=O) groups is 1. The van der Waals surface area contributed by atoms with Crippen molar-refractivity contribution in [3.05, 3.63) is 15.6 Å². The van der Waals surface area contributed by atoms with Crippen LogP contribution in [0.2, 0.25) is 0 Å². The average molecular weight is 239 g/mol. The van der Waals surface area contributed by atoms with Crippen LogP contribution in [0.1, 0.15) is 48.2 Å². The van der Waals surface area contributed by atoms with E-state index in [2.05, 4.69) is 11.9 Å². The number of carboxylic acid groups (broad SMARTS) is 1. The van der Waals surface area contributed by atoms with Gasteiger partial charge in [-0.15, -0.1) is 11.3 Å². The molecule has 1 aliphatic rings. The van der Waals surface area contributed by atoms with E-state index in [1.807, 2.05) is 6.92 Å². The van der Waals surface area contributed by atoms with Gasteiger partial charge in [0.1, 0.15) is 5.41 Å². The highest BCUT2D eigenvalue weighted by Gasteiger charge is 2.48. The summed E-state index contributed by atoms with van der Waals surface area (Å²) in [6.45, 7) is 4.06. The summed E-state index contributed by atoms with van der Waals surface area (Å²) < 4.78 is 0. The van der Waals surface area contributed by atoms with Gasteiger partial charge in [-0.1, -0.05) is 13.3 Å². The number of hydrogen-bond acceptors (Lipinski definition) is 3. The van der Waals surface area contributed by atoms with Gasteiger partial charge in [0.2, 0.25) is 0 Å². The van der Waals surface area contributed by atoms with Gasteiger partial charge in [0.15, 0.2) is 0 Å². The number of thiazole rings is 1. The summed E-state index contributed by atoms with van der Waals surface area (Å²) in [5, 5.41) is 10.5. The molecule has 3 nitrogen and oxygen atoms in total. The van der Waals surface area contributed by atoms with Crippen LogP contribution in [-0.2, 0) is 16.6 Å². The number of aliphatic carboxylic acids is 1. The van der Waals surface area contributed by atoms with Gasteiger partial charge < -0.3 is 5.11 Å². The van der Waals surface area contributed by atoms with E-state index in [0.29, 0.717) is 0 Å². The third-order valence-electron chi connectivity index (χ3n) is 3.36. The van der Waals surface area contributed by atoms with E-state index in [1.54, 1.807) is 11.3 Å². The van der Waals surface area contributed by atoms with Crippen LogP contribution in [0.5, 0.6) is 0 Å². The van der Waals surface area contributed by atoms with Gasteiger partial charge >= 0.3 is 5.97 Å². The van der Waals surface area contributed by atoms with Crippen LogP contribution >= 0.6 is 11.3 Å². The first kappa shape index (κ1) is 11.6. The first-order valence-electron chi connectivity index (χ1n) is 5.80. The Bertz CT molecular complexity index is 407. The minimum Gasteiger partial charge on any atom is -0.481 e. The number of hydrogen-bond donors (Lipinski definition) is 1. The van der Waals surface area contributed by atoms with E-state index in [4.69, 9.17) is 0 Å². The highest BCUT2D eigenvalue weighted by Crippen LogP contribution is 2.47. The molecule has 88 valence electrons. The summed E-state index contributed by atoms with van der Waals surface area (Å²) >= 11 is 1.60. The van der Waals surface area contributed by atoms with Crippen molar-refractivity contribution in [3.8, 4) is 0 Å². The quantitative estimate of drug-likeness (QED) is 0.879. The largest absolute Gasteiger partial charge is 0.481 e. The SMILES string of the molecule is CCCc1nc(C)c(C2(C(=O)O)CCC2)s1. The lowest BCUT2D eigenvalue weighted by atomic mass is 9.67. The fourth-order valence-electron chi connectivity index (χ4n) is 2.29. The lowest BCUT2D eigenvalue weighted by Gasteiger charge is -2.36. The zero-order valence-corrected chi connectivity index (χ0v) is 10.6. The summed E-state index contributed by atoms with van der Waals surface area (Å²) in [7, 11) is 0. The molecule has 1 heterocycles. The Kier molecular flexibility index (Phi) is 3.02. The number of rotatable bonds is 4. The highest BCUT2D eigenvalue weighted by molar-refractivity contribution is 7.12. The Morgan fingerprint density at radius 3 is 2.69 bits per heavy atom. The molecule has 0 radical (unpaired) electrons. The molecule has 1 aliphatic carbocycles. The van der Waals surface area contributed by atoms with E-state index in [1.165, 1.54) is 0 Å². The van der Waals surface area contributed by atoms with Crippen molar-refractivity contribution in [1.29, 1.82) is 0 Å². The van der Waals surface area contributed by atoms with Gasteiger partial charge in [-0.05, 0) is 32.6 Å². The molecular formula is C12H17NO2S. The molecule has 1 saturated carbocycles. The van der Waals surface area contributed by atoms with E-state index in [0.717, 1.165) is 47.7 Å². The molecule has 0 aromatic carbocycles. The maximum atomic E-state index is 11.4. The molecule has 16 heavy (non-hydrogen) atoms. The van der Waals surface area contributed by atoms with Gasteiger partial charge in [-0.3, -0.25) is 4.79 Å². The molecular weight excluding hydrogens is 222 g/mol. The lowest BCUT2D eigenvalue weighted by molar-refractivity contribution is -0.147. The Morgan fingerprint density at radius 1 is 1.56 bits per heavy atom. The van der Waals surface area contributed by atoms with Crippen molar-refractivity contribution in [3.63, 3.8) is 0 Å². The number of carboxylic acids is 1. The number of aryl methyl sites for hydroxylation is 2. The van der Waals surface area contributed by atoms with Crippen LogP contribution in [0.25, 0.3) is 0 Å². The summed E-state index contributed by atoms with van der Waals surface area (Å²) in [6, 6.07) is 0. The minimum atomic E-state index is -0.673. The van der Waals surface area contributed by atoms with E-state index >= 15 is 0 Å². The monoisotopic (exact) mass is 239 g/mol. The van der Waals surface area contributed by atoms with Crippen LogP contribution in [-0.4, -0.2) is 16.1 Å². The standard InChI is InChI=1S/C12H17NO2S/c1-3-5-9-13-8(2)10(16-9)12(11(14)15)6-4-7-12/h3-7H2,1-2H3,(H,14,15). The fourth-order valence-corrected chi connectivity index (χ4v) is 3.69. The number of nitrogens with zero attached hydrogens (tertiary/aromatic N) is 1. The minimum absolute atomic E-state index is 0.603. The molecule has 0 bridgehead atoms. The Hall–Kier alpha value is -0.900. The Morgan fingerprint density at radius 2 is 2.25 bits per heavy atom. The van der Waals surface area contributed by atoms with Gasteiger partial charge in [0.05, 0.1) is 10.7 Å². The first-order valence-corrected chi connectivity index (χ1v) is 6.62. The number of aromatic nitrogens is 1. The molecule has 4 heteroatoms. The molecule has 0 amide bonds. The van der Waals surface area contributed by atoms with Crippen LogP contribution in [0.4, 0.5) is 0 Å². The second-order valence-electron chi connectivity index (χ2n) is 4.51. The van der Waals surface area contributed by atoms with Gasteiger partial charge in [0, 0.05) is 4.88 Å². The van der Waals surface area contributed by atoms with Crippen molar-refractivity contribution in [1.82, 2.24) is 4.98 Å². The van der Waals surface area contributed by atoms with Gasteiger partial charge in [-0.25, -0.2) is 4.98 Å². The normalized spacial score (nSPS) is 18.1. The molecule has 1 aromatic rings. The van der Waals surface area contributed by atoms with E-state index in [9.17, 15) is 9.90 Å². The maximum absolute atomic E-state index is 11.4. The maximum Gasteiger partial charge on any atom is 0.315 e. The molecule has 0 unspecified atom stereocenters. The summed E-state index contributed by atoms with van der Waals surface area (Å²) in [6.07, 6.45) is 4.59. The predicted molar refractivity (Wildman–Crippen MR) is 64.0 cm³/mol. The molecule has 1 fully saturated rings. The molecule has 0 atom stereocenters. The molecule has 1 N–H and O–H groups in total. The lowest BCUT2D eigenvalue weighted by Crippen LogP contribution is -2.42. The molecule has 0 saturated heterocycles. The van der Waals surface area contributed by atoms with E-state index < -0.39 is 11.4 Å². The van der Waals surface area contributed by atoms with Crippen molar-refractivity contribution in [2.24, 2.45) is 0 Å². The predicted octanol–water partition coefficient (Wildman–Crippen LogP) is 2.91. The first-order chi connectivity index (χ1) is 7.60. The average Bonchev–Trinajstić information content (AvgIpc) is 2.46. The fraction of sp³-hybridized carbons (Fsp3) is 0.667. The third-order valence-corrected chi connectivity index (χ3v) is 4.78. The Balaban J connectivity index is 2.35. The van der Waals surface area contributed by atoms with Gasteiger partial charge in [-0.2, -0.15) is 0 Å².